The van der Waals surface area contributed by atoms with Gasteiger partial charge in [0, 0.05) is 11.1 Å². The second-order valence-corrected chi connectivity index (χ2v) is 5.11. The minimum atomic E-state index is -4.49. The summed E-state index contributed by atoms with van der Waals surface area (Å²) in [6.45, 7) is 1.72. The smallest absolute Gasteiger partial charge is 0.320 e. The van der Waals surface area contributed by atoms with Crippen molar-refractivity contribution in [2.45, 2.75) is 19.1 Å². The third kappa shape index (κ3) is 2.93. The van der Waals surface area contributed by atoms with Crippen LogP contribution in [0.25, 0.3) is 0 Å². The summed E-state index contributed by atoms with van der Waals surface area (Å²) in [5.41, 5.74) is 7.05. The van der Waals surface area contributed by atoms with E-state index in [1.165, 1.54) is 18.2 Å². The SMILES string of the molecule is Cc1ccc(F)cc1C(N)c1cnc(C(F)(F)F)s1. The van der Waals surface area contributed by atoms with Crippen molar-refractivity contribution in [1.29, 1.82) is 0 Å². The van der Waals surface area contributed by atoms with Crippen LogP contribution in [0.2, 0.25) is 0 Å². The van der Waals surface area contributed by atoms with Gasteiger partial charge in [0.1, 0.15) is 5.82 Å². The zero-order chi connectivity index (χ0) is 14.2. The first kappa shape index (κ1) is 14.0. The van der Waals surface area contributed by atoms with Crippen LogP contribution in [0.3, 0.4) is 0 Å². The van der Waals surface area contributed by atoms with Gasteiger partial charge in [-0.25, -0.2) is 9.37 Å². The third-order valence-corrected chi connectivity index (χ3v) is 3.77. The van der Waals surface area contributed by atoms with Gasteiger partial charge in [0.15, 0.2) is 5.01 Å². The molecule has 7 heteroatoms. The summed E-state index contributed by atoms with van der Waals surface area (Å²) in [5.74, 6) is -0.475. The molecule has 0 bridgehead atoms. The second kappa shape index (κ2) is 4.90. The van der Waals surface area contributed by atoms with Gasteiger partial charge in [0.25, 0.3) is 0 Å². The van der Waals surface area contributed by atoms with Crippen molar-refractivity contribution in [3.8, 4) is 0 Å². The molecule has 2 nitrogen and oxygen atoms in total. The fourth-order valence-electron chi connectivity index (χ4n) is 1.66. The van der Waals surface area contributed by atoms with Crippen LogP contribution in [0.1, 0.15) is 27.1 Å². The molecule has 0 amide bonds. The summed E-state index contributed by atoms with van der Waals surface area (Å²) in [6.07, 6.45) is -3.40. The first-order chi connectivity index (χ1) is 8.79. The molecule has 0 radical (unpaired) electrons. The van der Waals surface area contributed by atoms with Crippen LogP contribution >= 0.6 is 11.3 Å². The monoisotopic (exact) mass is 290 g/mol. The Morgan fingerprint density at radius 1 is 1.32 bits per heavy atom. The number of benzene rings is 1. The highest BCUT2D eigenvalue weighted by atomic mass is 32.1. The maximum Gasteiger partial charge on any atom is 0.443 e. The first-order valence-corrected chi connectivity index (χ1v) is 6.15. The van der Waals surface area contributed by atoms with E-state index in [4.69, 9.17) is 5.73 Å². The Hall–Kier alpha value is -1.47. The fraction of sp³-hybridized carbons (Fsp3) is 0.250. The Morgan fingerprint density at radius 2 is 2.00 bits per heavy atom. The highest BCUT2D eigenvalue weighted by Gasteiger charge is 2.35. The van der Waals surface area contributed by atoms with Gasteiger partial charge in [-0.05, 0) is 30.2 Å². The highest BCUT2D eigenvalue weighted by Crippen LogP contribution is 2.35. The highest BCUT2D eigenvalue weighted by molar-refractivity contribution is 7.11. The second-order valence-electron chi connectivity index (χ2n) is 4.04. The van der Waals surface area contributed by atoms with E-state index < -0.39 is 23.0 Å². The zero-order valence-corrected chi connectivity index (χ0v) is 10.6. The quantitative estimate of drug-likeness (QED) is 0.857. The van der Waals surface area contributed by atoms with E-state index in [-0.39, 0.29) is 4.88 Å². The van der Waals surface area contributed by atoms with Crippen LogP contribution in [0, 0.1) is 12.7 Å². The predicted molar refractivity (Wildman–Crippen MR) is 64.3 cm³/mol. The first-order valence-electron chi connectivity index (χ1n) is 5.33. The minimum absolute atomic E-state index is 0.251. The molecule has 0 fully saturated rings. The number of hydrogen-bond acceptors (Lipinski definition) is 3. The molecule has 1 unspecified atom stereocenters. The van der Waals surface area contributed by atoms with Crippen molar-refractivity contribution >= 4 is 11.3 Å². The summed E-state index contributed by atoms with van der Waals surface area (Å²) in [4.78, 5) is 3.56. The molecule has 0 aliphatic rings. The van der Waals surface area contributed by atoms with Crippen molar-refractivity contribution in [2.24, 2.45) is 5.73 Å². The molecule has 1 heterocycles. The molecule has 0 spiro atoms. The normalized spacial score (nSPS) is 13.6. The van der Waals surface area contributed by atoms with Crippen LogP contribution in [0.15, 0.2) is 24.4 Å². The van der Waals surface area contributed by atoms with Crippen LogP contribution in [-0.2, 0) is 6.18 Å². The maximum atomic E-state index is 13.2. The number of alkyl halides is 3. The maximum absolute atomic E-state index is 13.2. The molecule has 1 aromatic heterocycles. The van der Waals surface area contributed by atoms with Gasteiger partial charge in [-0.15, -0.1) is 11.3 Å². The van der Waals surface area contributed by atoms with Crippen LogP contribution in [0.5, 0.6) is 0 Å². The molecule has 0 saturated heterocycles. The molecule has 2 rings (SSSR count). The summed E-state index contributed by atoms with van der Waals surface area (Å²) in [5, 5.41) is -0.952. The lowest BCUT2D eigenvalue weighted by atomic mass is 10.0. The molecule has 0 aliphatic heterocycles. The topological polar surface area (TPSA) is 38.9 Å². The summed E-state index contributed by atoms with van der Waals surface area (Å²) >= 11 is 0.474. The summed E-state index contributed by atoms with van der Waals surface area (Å²) < 4.78 is 50.5. The largest absolute Gasteiger partial charge is 0.443 e. The number of aryl methyl sites for hydroxylation is 1. The molecule has 0 aliphatic carbocycles. The van der Waals surface area contributed by atoms with E-state index in [1.807, 2.05) is 0 Å². The van der Waals surface area contributed by atoms with Gasteiger partial charge in [0.05, 0.1) is 6.04 Å². The van der Waals surface area contributed by atoms with Crippen LogP contribution in [-0.4, -0.2) is 4.98 Å². The molecular formula is C12H10F4N2S. The lowest BCUT2D eigenvalue weighted by Crippen LogP contribution is -2.12. The third-order valence-electron chi connectivity index (χ3n) is 2.65. The molecule has 2 N–H and O–H groups in total. The lowest BCUT2D eigenvalue weighted by molar-refractivity contribution is -0.137. The van der Waals surface area contributed by atoms with E-state index in [9.17, 15) is 17.6 Å². The van der Waals surface area contributed by atoms with Gasteiger partial charge in [-0.2, -0.15) is 13.2 Å². The Morgan fingerprint density at radius 3 is 2.58 bits per heavy atom. The van der Waals surface area contributed by atoms with Gasteiger partial charge in [-0.1, -0.05) is 6.07 Å². The Kier molecular flexibility index (Phi) is 3.60. The molecule has 0 saturated carbocycles. The zero-order valence-electron chi connectivity index (χ0n) is 9.83. The molecular weight excluding hydrogens is 280 g/mol. The molecule has 2 aromatic rings. The van der Waals surface area contributed by atoms with Crippen LogP contribution in [0.4, 0.5) is 17.6 Å². The van der Waals surface area contributed by atoms with E-state index in [0.717, 1.165) is 11.8 Å². The predicted octanol–water partition coefficient (Wildman–Crippen LogP) is 3.66. The van der Waals surface area contributed by atoms with E-state index >= 15 is 0 Å². The number of nitrogens with two attached hydrogens (primary N) is 1. The van der Waals surface area contributed by atoms with Crippen molar-refractivity contribution in [1.82, 2.24) is 4.98 Å². The van der Waals surface area contributed by atoms with Gasteiger partial charge in [-0.3, -0.25) is 0 Å². The Labute approximate surface area is 110 Å². The van der Waals surface area contributed by atoms with Crippen LogP contribution < -0.4 is 5.73 Å². The van der Waals surface area contributed by atoms with Gasteiger partial charge >= 0.3 is 6.18 Å². The van der Waals surface area contributed by atoms with E-state index in [1.54, 1.807) is 6.92 Å². The Bertz CT molecular complexity index is 592. The number of rotatable bonds is 2. The van der Waals surface area contributed by atoms with Crippen molar-refractivity contribution < 1.29 is 17.6 Å². The van der Waals surface area contributed by atoms with E-state index in [0.29, 0.717) is 16.9 Å². The Balaban J connectivity index is 2.36. The van der Waals surface area contributed by atoms with Crippen molar-refractivity contribution in [2.75, 3.05) is 0 Å². The molecule has 1 aromatic carbocycles. The molecule has 1 atom stereocenters. The summed E-state index contributed by atoms with van der Waals surface area (Å²) in [6, 6.07) is 3.23. The van der Waals surface area contributed by atoms with Gasteiger partial charge < -0.3 is 5.73 Å². The number of aromatic nitrogens is 1. The number of thiazole rings is 1. The van der Waals surface area contributed by atoms with Crippen molar-refractivity contribution in [3.63, 3.8) is 0 Å². The molecule has 102 valence electrons. The number of hydrogen-bond donors (Lipinski definition) is 1. The van der Waals surface area contributed by atoms with Crippen molar-refractivity contribution in [3.05, 3.63) is 51.2 Å². The fourth-order valence-corrected chi connectivity index (χ4v) is 2.46. The number of nitrogens with zero attached hydrogens (tertiary/aromatic N) is 1. The van der Waals surface area contributed by atoms with Gasteiger partial charge in [0.2, 0.25) is 0 Å². The lowest BCUT2D eigenvalue weighted by Gasteiger charge is -2.12. The average Bonchev–Trinajstić information content (AvgIpc) is 2.80. The minimum Gasteiger partial charge on any atom is -0.320 e. The summed E-state index contributed by atoms with van der Waals surface area (Å²) in [7, 11) is 0. The molecule has 19 heavy (non-hydrogen) atoms. The standard InChI is InChI=1S/C12H10F4N2S/c1-6-2-3-7(13)4-8(6)10(17)9-5-18-11(19-9)12(14,15)16/h2-5,10H,17H2,1H3. The number of halogens is 4. The average molecular weight is 290 g/mol. The van der Waals surface area contributed by atoms with E-state index in [2.05, 4.69) is 4.98 Å².